The van der Waals surface area contributed by atoms with Gasteiger partial charge in [0, 0.05) is 43.8 Å². The van der Waals surface area contributed by atoms with Crippen LogP contribution < -0.4 is 15.1 Å². The summed E-state index contributed by atoms with van der Waals surface area (Å²) in [6.07, 6.45) is 1.65. The summed E-state index contributed by atoms with van der Waals surface area (Å²) in [6.45, 7) is 10.4. The van der Waals surface area contributed by atoms with Crippen LogP contribution in [0.2, 0.25) is 0 Å². The van der Waals surface area contributed by atoms with E-state index in [4.69, 9.17) is 0 Å². The van der Waals surface area contributed by atoms with Gasteiger partial charge in [-0.3, -0.25) is 4.79 Å². The molecular formula is C17H23N5OS. The summed E-state index contributed by atoms with van der Waals surface area (Å²) < 4.78 is 0. The summed E-state index contributed by atoms with van der Waals surface area (Å²) in [6, 6.07) is 3.77. The van der Waals surface area contributed by atoms with E-state index >= 15 is 0 Å². The number of anilines is 2. The number of aryl methyl sites for hydroxylation is 2. The normalized spacial score (nSPS) is 14.8. The van der Waals surface area contributed by atoms with Crippen molar-refractivity contribution in [3.63, 3.8) is 0 Å². The van der Waals surface area contributed by atoms with Gasteiger partial charge in [0.1, 0.15) is 5.82 Å². The predicted octanol–water partition coefficient (Wildman–Crippen LogP) is 2.23. The largest absolute Gasteiger partial charge is 0.353 e. The first kappa shape index (κ1) is 16.7. The van der Waals surface area contributed by atoms with Crippen molar-refractivity contribution in [1.29, 1.82) is 0 Å². The molecule has 24 heavy (non-hydrogen) atoms. The second-order valence-electron chi connectivity index (χ2n) is 5.88. The molecule has 3 rings (SSSR count). The molecular weight excluding hydrogens is 322 g/mol. The van der Waals surface area contributed by atoms with Crippen LogP contribution in [0, 0.1) is 13.8 Å². The lowest BCUT2D eigenvalue weighted by molar-refractivity contribution is 0.0955. The third kappa shape index (κ3) is 3.51. The lowest BCUT2D eigenvalue weighted by atomic mass is 10.2. The molecule has 0 radical (unpaired) electrons. The molecule has 0 saturated carbocycles. The maximum Gasteiger partial charge on any atom is 0.252 e. The number of thiazole rings is 1. The Hall–Kier alpha value is -2.15. The molecule has 0 unspecified atom stereocenters. The first-order valence-corrected chi connectivity index (χ1v) is 9.08. The Morgan fingerprint density at radius 1 is 1.21 bits per heavy atom. The number of rotatable bonds is 4. The predicted molar refractivity (Wildman–Crippen MR) is 98.3 cm³/mol. The topological polar surface area (TPSA) is 61.4 Å². The first-order chi connectivity index (χ1) is 11.6. The van der Waals surface area contributed by atoms with Gasteiger partial charge < -0.3 is 15.1 Å². The first-order valence-electron chi connectivity index (χ1n) is 8.26. The molecule has 0 atom stereocenters. The molecule has 6 nitrogen and oxygen atoms in total. The maximum absolute atomic E-state index is 11.8. The minimum Gasteiger partial charge on any atom is -0.353 e. The number of piperazine rings is 1. The fourth-order valence-corrected chi connectivity index (χ4v) is 3.65. The number of hydrogen-bond acceptors (Lipinski definition) is 6. The number of carbonyl (C=O) groups excluding carboxylic acids is 1. The van der Waals surface area contributed by atoms with Crippen molar-refractivity contribution in [2.75, 3.05) is 42.5 Å². The maximum atomic E-state index is 11.8. The smallest absolute Gasteiger partial charge is 0.252 e. The van der Waals surface area contributed by atoms with Crippen LogP contribution in [0.5, 0.6) is 0 Å². The van der Waals surface area contributed by atoms with Gasteiger partial charge in [-0.2, -0.15) is 0 Å². The molecule has 1 aliphatic heterocycles. The van der Waals surface area contributed by atoms with Gasteiger partial charge in [-0.1, -0.05) is 0 Å². The number of amides is 1. The lowest BCUT2D eigenvalue weighted by Gasteiger charge is -2.35. The monoisotopic (exact) mass is 345 g/mol. The Labute approximate surface area is 146 Å². The highest BCUT2D eigenvalue weighted by Gasteiger charge is 2.21. The van der Waals surface area contributed by atoms with E-state index in [1.54, 1.807) is 17.5 Å². The summed E-state index contributed by atoms with van der Waals surface area (Å²) in [5, 5.41) is 3.90. The molecule has 2 aromatic rings. The molecule has 1 saturated heterocycles. The van der Waals surface area contributed by atoms with Gasteiger partial charge in [0.2, 0.25) is 0 Å². The average Bonchev–Trinajstić information content (AvgIpc) is 2.94. The highest BCUT2D eigenvalue weighted by atomic mass is 32.1. The van der Waals surface area contributed by atoms with Crippen LogP contribution in [0.4, 0.5) is 10.9 Å². The second-order valence-corrected chi connectivity index (χ2v) is 7.06. The van der Waals surface area contributed by atoms with E-state index in [1.165, 1.54) is 4.88 Å². The highest BCUT2D eigenvalue weighted by molar-refractivity contribution is 7.15. The number of nitrogens with one attached hydrogen (secondary N) is 1. The van der Waals surface area contributed by atoms with Crippen molar-refractivity contribution in [1.82, 2.24) is 15.3 Å². The van der Waals surface area contributed by atoms with E-state index in [-0.39, 0.29) is 5.91 Å². The van der Waals surface area contributed by atoms with Crippen LogP contribution in [-0.4, -0.2) is 48.6 Å². The number of aromatic nitrogens is 2. The number of nitrogens with zero attached hydrogens (tertiary/aromatic N) is 4. The van der Waals surface area contributed by atoms with Crippen molar-refractivity contribution in [3.05, 3.63) is 34.5 Å². The summed E-state index contributed by atoms with van der Waals surface area (Å²) >= 11 is 1.76. The standard InChI is InChI=1S/C17H23N5OS/c1-4-18-16(23)14-5-6-15(19-11-14)21-7-9-22(10-8-21)17-20-12(2)13(3)24-17/h5-6,11H,4,7-10H2,1-3H3,(H,18,23). The molecule has 1 aliphatic rings. The number of carbonyl (C=O) groups is 1. The Morgan fingerprint density at radius 3 is 2.46 bits per heavy atom. The van der Waals surface area contributed by atoms with Crippen molar-refractivity contribution in [3.8, 4) is 0 Å². The Bertz CT molecular complexity index is 685. The van der Waals surface area contributed by atoms with Crippen molar-refractivity contribution >= 4 is 28.2 Å². The van der Waals surface area contributed by atoms with Gasteiger partial charge in [-0.25, -0.2) is 9.97 Å². The molecule has 0 aliphatic carbocycles. The van der Waals surface area contributed by atoms with Gasteiger partial charge in [-0.15, -0.1) is 11.3 Å². The summed E-state index contributed by atoms with van der Waals surface area (Å²) in [7, 11) is 0. The van der Waals surface area contributed by atoms with E-state index in [2.05, 4.69) is 38.9 Å². The van der Waals surface area contributed by atoms with Crippen LogP contribution in [0.15, 0.2) is 18.3 Å². The molecule has 7 heteroatoms. The average molecular weight is 345 g/mol. The molecule has 1 fully saturated rings. The Morgan fingerprint density at radius 2 is 1.92 bits per heavy atom. The van der Waals surface area contributed by atoms with E-state index in [0.717, 1.165) is 42.8 Å². The lowest BCUT2D eigenvalue weighted by Crippen LogP contribution is -2.46. The third-order valence-corrected chi connectivity index (χ3v) is 5.37. The fraction of sp³-hybridized carbons (Fsp3) is 0.471. The van der Waals surface area contributed by atoms with Crippen LogP contribution in [-0.2, 0) is 0 Å². The van der Waals surface area contributed by atoms with Crippen molar-refractivity contribution in [2.45, 2.75) is 20.8 Å². The number of hydrogen-bond donors (Lipinski definition) is 1. The van der Waals surface area contributed by atoms with E-state index in [1.807, 2.05) is 19.1 Å². The van der Waals surface area contributed by atoms with E-state index in [0.29, 0.717) is 12.1 Å². The van der Waals surface area contributed by atoms with Crippen molar-refractivity contribution < 1.29 is 4.79 Å². The minimum atomic E-state index is -0.0733. The van der Waals surface area contributed by atoms with Crippen LogP contribution in [0.25, 0.3) is 0 Å². The van der Waals surface area contributed by atoms with Crippen LogP contribution in [0.3, 0.4) is 0 Å². The molecule has 128 valence electrons. The summed E-state index contributed by atoms with van der Waals surface area (Å²) in [4.78, 5) is 26.8. The van der Waals surface area contributed by atoms with Crippen LogP contribution in [0.1, 0.15) is 27.9 Å². The van der Waals surface area contributed by atoms with Crippen molar-refractivity contribution in [2.24, 2.45) is 0 Å². The number of pyridine rings is 1. The third-order valence-electron chi connectivity index (χ3n) is 4.24. The summed E-state index contributed by atoms with van der Waals surface area (Å²) in [5.41, 5.74) is 1.73. The minimum absolute atomic E-state index is 0.0733. The van der Waals surface area contributed by atoms with Gasteiger partial charge in [0.15, 0.2) is 5.13 Å². The van der Waals surface area contributed by atoms with Gasteiger partial charge in [0.05, 0.1) is 11.3 Å². The molecule has 0 spiro atoms. The molecule has 0 bridgehead atoms. The van der Waals surface area contributed by atoms with Gasteiger partial charge in [0.25, 0.3) is 5.91 Å². The Kier molecular flexibility index (Phi) is 4.99. The Balaban J connectivity index is 1.61. The van der Waals surface area contributed by atoms with E-state index < -0.39 is 0 Å². The molecule has 1 N–H and O–H groups in total. The molecule has 2 aromatic heterocycles. The molecule has 1 amide bonds. The van der Waals surface area contributed by atoms with Crippen LogP contribution >= 0.6 is 11.3 Å². The fourth-order valence-electron chi connectivity index (χ4n) is 2.69. The van der Waals surface area contributed by atoms with Gasteiger partial charge >= 0.3 is 0 Å². The quantitative estimate of drug-likeness (QED) is 0.921. The molecule has 0 aromatic carbocycles. The summed E-state index contributed by atoms with van der Waals surface area (Å²) in [5.74, 6) is 0.852. The second kappa shape index (κ2) is 7.17. The zero-order valence-corrected chi connectivity index (χ0v) is 15.2. The molecule has 3 heterocycles. The zero-order chi connectivity index (χ0) is 17.1. The zero-order valence-electron chi connectivity index (χ0n) is 14.4. The van der Waals surface area contributed by atoms with Gasteiger partial charge in [-0.05, 0) is 32.9 Å². The van der Waals surface area contributed by atoms with E-state index in [9.17, 15) is 4.79 Å². The highest BCUT2D eigenvalue weighted by Crippen LogP contribution is 2.26. The SMILES string of the molecule is CCNC(=O)c1ccc(N2CCN(c3nc(C)c(C)s3)CC2)nc1.